The minimum Gasteiger partial charge on any atom is -0.379 e. The Kier molecular flexibility index (Phi) is 5.65. The predicted octanol–water partition coefficient (Wildman–Crippen LogP) is 0.965. The van der Waals surface area contributed by atoms with Gasteiger partial charge in [0.25, 0.3) is 0 Å². The summed E-state index contributed by atoms with van der Waals surface area (Å²) in [7, 11) is -3.61. The van der Waals surface area contributed by atoms with E-state index in [9.17, 15) is 22.8 Å². The number of amides is 3. The number of ether oxygens (including phenoxy) is 1. The summed E-state index contributed by atoms with van der Waals surface area (Å²) in [6.45, 7) is 1.01. The van der Waals surface area contributed by atoms with Crippen molar-refractivity contribution in [2.24, 2.45) is 5.41 Å². The van der Waals surface area contributed by atoms with Crippen LogP contribution in [-0.4, -0.2) is 68.2 Å². The molecule has 4 rings (SSSR count). The molecule has 162 valence electrons. The van der Waals surface area contributed by atoms with Crippen molar-refractivity contribution in [3.05, 3.63) is 24.3 Å². The molecule has 0 radical (unpaired) electrons. The maximum absolute atomic E-state index is 12.7. The zero-order valence-corrected chi connectivity index (χ0v) is 17.4. The maximum atomic E-state index is 12.7. The van der Waals surface area contributed by atoms with E-state index in [2.05, 4.69) is 5.32 Å². The molecule has 0 atom stereocenters. The lowest BCUT2D eigenvalue weighted by Crippen LogP contribution is -2.40. The van der Waals surface area contributed by atoms with E-state index in [-0.39, 0.29) is 29.7 Å². The minimum absolute atomic E-state index is 0.135. The number of benzene rings is 1. The van der Waals surface area contributed by atoms with Crippen LogP contribution in [0.15, 0.2) is 29.2 Å². The molecule has 0 aromatic heterocycles. The number of morpholine rings is 1. The van der Waals surface area contributed by atoms with Gasteiger partial charge in [-0.05, 0) is 37.1 Å². The van der Waals surface area contributed by atoms with Gasteiger partial charge in [0, 0.05) is 25.2 Å². The molecule has 1 aliphatic carbocycles. The van der Waals surface area contributed by atoms with Crippen molar-refractivity contribution < 1.29 is 27.5 Å². The highest BCUT2D eigenvalue weighted by Gasteiger charge is 2.52. The highest BCUT2D eigenvalue weighted by atomic mass is 32.2. The van der Waals surface area contributed by atoms with Crippen molar-refractivity contribution >= 4 is 33.4 Å². The third-order valence-electron chi connectivity index (χ3n) is 6.10. The lowest BCUT2D eigenvalue weighted by molar-refractivity contribution is -0.143. The molecule has 9 nitrogen and oxygen atoms in total. The molecule has 1 aromatic rings. The number of anilines is 1. The van der Waals surface area contributed by atoms with E-state index >= 15 is 0 Å². The first-order valence-corrected chi connectivity index (χ1v) is 11.6. The average Bonchev–Trinajstić information content (AvgIpc) is 3.30. The maximum Gasteiger partial charge on any atom is 0.244 e. The van der Waals surface area contributed by atoms with Gasteiger partial charge in [-0.15, -0.1) is 0 Å². The first-order chi connectivity index (χ1) is 14.3. The van der Waals surface area contributed by atoms with Gasteiger partial charge < -0.3 is 10.1 Å². The summed E-state index contributed by atoms with van der Waals surface area (Å²) in [6.07, 6.45) is 3.45. The fraction of sp³-hybridized carbons (Fsp3) is 0.550. The topological polar surface area (TPSA) is 113 Å². The molecule has 3 aliphatic rings. The van der Waals surface area contributed by atoms with Crippen molar-refractivity contribution in [3.8, 4) is 0 Å². The second kappa shape index (κ2) is 8.09. The molecule has 0 bridgehead atoms. The van der Waals surface area contributed by atoms with Crippen molar-refractivity contribution in [3.63, 3.8) is 0 Å². The Morgan fingerprint density at radius 1 is 1.07 bits per heavy atom. The second-order valence-electron chi connectivity index (χ2n) is 8.04. The number of hydrogen-bond donors (Lipinski definition) is 1. The molecule has 2 aliphatic heterocycles. The number of sulfonamides is 1. The minimum atomic E-state index is -3.61. The summed E-state index contributed by atoms with van der Waals surface area (Å²) in [5.74, 6) is -1.04. The van der Waals surface area contributed by atoms with Crippen molar-refractivity contribution in [2.45, 2.75) is 37.0 Å². The number of likely N-dealkylation sites (tertiary alicyclic amines) is 1. The van der Waals surface area contributed by atoms with E-state index in [0.29, 0.717) is 44.8 Å². The van der Waals surface area contributed by atoms with E-state index < -0.39 is 21.3 Å². The standard InChI is InChI=1S/C20H25N3O6S/c24-17(14-23-18(25)13-20(19(23)26)7-1-2-8-20)21-15-3-5-16(6-4-15)30(27,28)22-9-11-29-12-10-22/h3-6H,1-2,7-14H2,(H,21,24). The molecule has 10 heteroatoms. The third-order valence-corrected chi connectivity index (χ3v) is 8.01. The quantitative estimate of drug-likeness (QED) is 0.690. The molecule has 3 amide bonds. The summed E-state index contributed by atoms with van der Waals surface area (Å²) in [6, 6.07) is 5.86. The average molecular weight is 436 g/mol. The normalized spacial score (nSPS) is 22.1. The summed E-state index contributed by atoms with van der Waals surface area (Å²) in [5, 5.41) is 2.63. The summed E-state index contributed by atoms with van der Waals surface area (Å²) in [5.41, 5.74) is -0.206. The molecule has 1 spiro atoms. The van der Waals surface area contributed by atoms with E-state index in [1.54, 1.807) is 0 Å². The molecule has 1 aromatic carbocycles. The molecular formula is C20H25N3O6S. The number of imide groups is 1. The Labute approximate surface area is 175 Å². The zero-order valence-electron chi connectivity index (χ0n) is 16.6. The Hall–Kier alpha value is -2.30. The third kappa shape index (κ3) is 3.86. The zero-order chi connectivity index (χ0) is 21.4. The van der Waals surface area contributed by atoms with Crippen LogP contribution in [0.1, 0.15) is 32.1 Å². The predicted molar refractivity (Wildman–Crippen MR) is 107 cm³/mol. The van der Waals surface area contributed by atoms with Gasteiger partial charge in [-0.1, -0.05) is 12.8 Å². The fourth-order valence-electron chi connectivity index (χ4n) is 4.45. The van der Waals surface area contributed by atoms with E-state index in [1.165, 1.54) is 28.6 Å². The first-order valence-electron chi connectivity index (χ1n) is 10.1. The first kappa shape index (κ1) is 21.0. The van der Waals surface area contributed by atoms with E-state index in [1.807, 2.05) is 0 Å². The van der Waals surface area contributed by atoms with Crippen LogP contribution >= 0.6 is 0 Å². The van der Waals surface area contributed by atoms with E-state index in [4.69, 9.17) is 4.74 Å². The second-order valence-corrected chi connectivity index (χ2v) is 9.98. The Bertz CT molecular complexity index is 947. The SMILES string of the molecule is O=C(CN1C(=O)CC2(CCCC2)C1=O)Nc1ccc(S(=O)(=O)N2CCOCC2)cc1. The van der Waals surface area contributed by atoms with Crippen LogP contribution in [0.2, 0.25) is 0 Å². The van der Waals surface area contributed by atoms with Crippen molar-refractivity contribution in [1.29, 1.82) is 0 Å². The van der Waals surface area contributed by atoms with Crippen LogP contribution in [0.25, 0.3) is 0 Å². The highest BCUT2D eigenvalue weighted by molar-refractivity contribution is 7.89. The van der Waals surface area contributed by atoms with E-state index in [0.717, 1.165) is 17.7 Å². The van der Waals surface area contributed by atoms with Crippen LogP contribution in [0.5, 0.6) is 0 Å². The van der Waals surface area contributed by atoms with Gasteiger partial charge in [0.05, 0.1) is 23.5 Å². The molecule has 1 N–H and O–H groups in total. The van der Waals surface area contributed by atoms with Crippen molar-refractivity contribution in [2.75, 3.05) is 38.2 Å². The Morgan fingerprint density at radius 3 is 2.33 bits per heavy atom. The lowest BCUT2D eigenvalue weighted by Gasteiger charge is -2.26. The highest BCUT2D eigenvalue weighted by Crippen LogP contribution is 2.46. The molecule has 1 saturated carbocycles. The summed E-state index contributed by atoms with van der Waals surface area (Å²) < 4.78 is 31.9. The van der Waals surface area contributed by atoms with Gasteiger partial charge in [-0.3, -0.25) is 19.3 Å². The number of nitrogens with one attached hydrogen (secondary N) is 1. The van der Waals surface area contributed by atoms with Gasteiger partial charge in [-0.2, -0.15) is 4.31 Å². The van der Waals surface area contributed by atoms with Gasteiger partial charge in [0.1, 0.15) is 6.54 Å². The van der Waals surface area contributed by atoms with Crippen LogP contribution in [-0.2, 0) is 29.1 Å². The molecule has 2 heterocycles. The number of hydrogen-bond acceptors (Lipinski definition) is 6. The van der Waals surface area contributed by atoms with Crippen LogP contribution < -0.4 is 5.32 Å². The Balaban J connectivity index is 1.38. The molecule has 0 unspecified atom stereocenters. The summed E-state index contributed by atoms with van der Waals surface area (Å²) >= 11 is 0. The molecule has 3 fully saturated rings. The monoisotopic (exact) mass is 435 g/mol. The van der Waals surface area contributed by atoms with Gasteiger partial charge in [-0.25, -0.2) is 8.42 Å². The largest absolute Gasteiger partial charge is 0.379 e. The summed E-state index contributed by atoms with van der Waals surface area (Å²) in [4.78, 5) is 38.5. The van der Waals surface area contributed by atoms with Gasteiger partial charge in [0.15, 0.2) is 0 Å². The van der Waals surface area contributed by atoms with Gasteiger partial charge >= 0.3 is 0 Å². The Morgan fingerprint density at radius 2 is 1.70 bits per heavy atom. The fourth-order valence-corrected chi connectivity index (χ4v) is 5.86. The number of nitrogens with zero attached hydrogens (tertiary/aromatic N) is 2. The molecular weight excluding hydrogens is 410 g/mol. The lowest BCUT2D eigenvalue weighted by atomic mass is 9.84. The smallest absolute Gasteiger partial charge is 0.244 e. The number of carbonyl (C=O) groups is 3. The number of carbonyl (C=O) groups excluding carboxylic acids is 3. The van der Waals surface area contributed by atoms with Crippen LogP contribution in [0.3, 0.4) is 0 Å². The molecule has 2 saturated heterocycles. The van der Waals surface area contributed by atoms with Gasteiger partial charge in [0.2, 0.25) is 27.7 Å². The van der Waals surface area contributed by atoms with Crippen LogP contribution in [0.4, 0.5) is 5.69 Å². The van der Waals surface area contributed by atoms with Crippen molar-refractivity contribution in [1.82, 2.24) is 9.21 Å². The van der Waals surface area contributed by atoms with Crippen LogP contribution in [0, 0.1) is 5.41 Å². The number of rotatable bonds is 5. The molecule has 30 heavy (non-hydrogen) atoms.